The van der Waals surface area contributed by atoms with E-state index < -0.39 is 5.91 Å². The number of rotatable bonds is 5. The summed E-state index contributed by atoms with van der Waals surface area (Å²) in [7, 11) is 0. The van der Waals surface area contributed by atoms with Gasteiger partial charge in [0.2, 0.25) is 11.8 Å². The minimum atomic E-state index is -0.420. The van der Waals surface area contributed by atoms with Crippen LogP contribution >= 0.6 is 0 Å². The molecule has 2 amide bonds. The Morgan fingerprint density at radius 3 is 2.58 bits per heavy atom. The first-order chi connectivity index (χ1) is 5.70. The van der Waals surface area contributed by atoms with Crippen LogP contribution in [0.4, 0.5) is 0 Å². The molecule has 0 spiro atoms. The zero-order valence-corrected chi connectivity index (χ0v) is 7.43. The molecule has 0 radical (unpaired) electrons. The maximum Gasteiger partial charge on any atom is 0.249 e. The van der Waals surface area contributed by atoms with Crippen molar-refractivity contribution in [3.8, 4) is 0 Å². The van der Waals surface area contributed by atoms with E-state index in [2.05, 4.69) is 18.8 Å². The molecule has 3 nitrogen and oxygen atoms in total. The molecule has 0 aliphatic rings. The molecular formula is C9H15NO2. The highest BCUT2D eigenvalue weighted by Gasteiger charge is 2.02. The van der Waals surface area contributed by atoms with E-state index in [1.807, 2.05) is 0 Å². The standard InChI is InChI=1S/C9H15NO2/c1-3-5-6-7-9(12)10-8(11)4-2/h4H,2-3,5-7H2,1H3,(H,10,11,12). The Balaban J connectivity index is 3.46. The molecule has 12 heavy (non-hydrogen) atoms. The lowest BCUT2D eigenvalue weighted by Gasteiger charge is -1.99. The summed E-state index contributed by atoms with van der Waals surface area (Å²) in [4.78, 5) is 21.5. The number of unbranched alkanes of at least 4 members (excludes halogenated alkanes) is 2. The van der Waals surface area contributed by atoms with Crippen LogP contribution in [0.15, 0.2) is 12.7 Å². The van der Waals surface area contributed by atoms with Crippen molar-refractivity contribution in [2.75, 3.05) is 0 Å². The number of imide groups is 1. The summed E-state index contributed by atoms with van der Waals surface area (Å²) in [5.41, 5.74) is 0. The molecule has 68 valence electrons. The quantitative estimate of drug-likeness (QED) is 0.499. The van der Waals surface area contributed by atoms with Crippen molar-refractivity contribution in [3.63, 3.8) is 0 Å². The van der Waals surface area contributed by atoms with Crippen LogP contribution in [0.25, 0.3) is 0 Å². The average Bonchev–Trinajstić information content (AvgIpc) is 2.05. The summed E-state index contributed by atoms with van der Waals surface area (Å²) in [6.45, 7) is 5.31. The summed E-state index contributed by atoms with van der Waals surface area (Å²) in [6, 6.07) is 0. The number of carbonyl (C=O) groups is 2. The molecular weight excluding hydrogens is 154 g/mol. The molecule has 1 N–H and O–H groups in total. The number of carbonyl (C=O) groups excluding carboxylic acids is 2. The largest absolute Gasteiger partial charge is 0.293 e. The Kier molecular flexibility index (Phi) is 5.97. The summed E-state index contributed by atoms with van der Waals surface area (Å²) in [6.07, 6.45) is 4.45. The van der Waals surface area contributed by atoms with Gasteiger partial charge in [-0.15, -0.1) is 0 Å². The van der Waals surface area contributed by atoms with Gasteiger partial charge in [-0.2, -0.15) is 0 Å². The maximum absolute atomic E-state index is 10.9. The van der Waals surface area contributed by atoms with E-state index in [1.54, 1.807) is 0 Å². The highest BCUT2D eigenvalue weighted by Crippen LogP contribution is 1.97. The minimum absolute atomic E-state index is 0.214. The molecule has 0 unspecified atom stereocenters. The minimum Gasteiger partial charge on any atom is -0.293 e. The van der Waals surface area contributed by atoms with Gasteiger partial charge in [-0.05, 0) is 12.5 Å². The summed E-state index contributed by atoms with van der Waals surface area (Å²) in [5.74, 6) is -0.634. The van der Waals surface area contributed by atoms with Gasteiger partial charge >= 0.3 is 0 Å². The van der Waals surface area contributed by atoms with E-state index in [0.29, 0.717) is 6.42 Å². The van der Waals surface area contributed by atoms with Crippen LogP contribution in [-0.4, -0.2) is 11.8 Å². The zero-order valence-electron chi connectivity index (χ0n) is 7.43. The molecule has 0 saturated carbocycles. The van der Waals surface area contributed by atoms with Crippen LogP contribution in [0.2, 0.25) is 0 Å². The third-order valence-electron chi connectivity index (χ3n) is 1.46. The topological polar surface area (TPSA) is 46.2 Å². The fraction of sp³-hybridized carbons (Fsp3) is 0.556. The number of nitrogens with one attached hydrogen (secondary N) is 1. The van der Waals surface area contributed by atoms with Crippen molar-refractivity contribution in [2.24, 2.45) is 0 Å². The van der Waals surface area contributed by atoms with E-state index >= 15 is 0 Å². The molecule has 0 aliphatic heterocycles. The van der Waals surface area contributed by atoms with Gasteiger partial charge in [0.1, 0.15) is 0 Å². The Bertz CT molecular complexity index is 175. The van der Waals surface area contributed by atoms with Gasteiger partial charge in [0.25, 0.3) is 0 Å². The molecule has 0 aromatic carbocycles. The lowest BCUT2D eigenvalue weighted by molar-refractivity contribution is -0.128. The molecule has 0 fully saturated rings. The van der Waals surface area contributed by atoms with Crippen molar-refractivity contribution < 1.29 is 9.59 Å². The molecule has 3 heteroatoms. The van der Waals surface area contributed by atoms with Crippen LogP contribution in [0.1, 0.15) is 32.6 Å². The lowest BCUT2D eigenvalue weighted by Crippen LogP contribution is -2.28. The Morgan fingerprint density at radius 2 is 2.08 bits per heavy atom. The molecule has 0 heterocycles. The zero-order chi connectivity index (χ0) is 9.40. The van der Waals surface area contributed by atoms with Crippen molar-refractivity contribution in [2.45, 2.75) is 32.6 Å². The molecule has 0 aromatic rings. The van der Waals surface area contributed by atoms with Gasteiger partial charge < -0.3 is 0 Å². The summed E-state index contributed by atoms with van der Waals surface area (Å²) in [5, 5.41) is 2.19. The normalized spacial score (nSPS) is 9.08. The third kappa shape index (κ3) is 5.65. The van der Waals surface area contributed by atoms with Crippen molar-refractivity contribution >= 4 is 11.8 Å². The van der Waals surface area contributed by atoms with E-state index in [1.165, 1.54) is 0 Å². The van der Waals surface area contributed by atoms with Gasteiger partial charge in [0, 0.05) is 6.42 Å². The van der Waals surface area contributed by atoms with Crippen LogP contribution in [-0.2, 0) is 9.59 Å². The smallest absolute Gasteiger partial charge is 0.249 e. The number of hydrogen-bond acceptors (Lipinski definition) is 2. The molecule has 0 aromatic heterocycles. The van der Waals surface area contributed by atoms with Gasteiger partial charge in [-0.3, -0.25) is 14.9 Å². The fourth-order valence-electron chi connectivity index (χ4n) is 0.786. The second-order valence-electron chi connectivity index (χ2n) is 2.57. The first-order valence-electron chi connectivity index (χ1n) is 4.17. The van der Waals surface area contributed by atoms with Gasteiger partial charge in [0.15, 0.2) is 0 Å². The van der Waals surface area contributed by atoms with Gasteiger partial charge in [-0.25, -0.2) is 0 Å². The van der Waals surface area contributed by atoms with E-state index in [9.17, 15) is 9.59 Å². The van der Waals surface area contributed by atoms with E-state index in [-0.39, 0.29) is 5.91 Å². The van der Waals surface area contributed by atoms with Crippen LogP contribution in [0, 0.1) is 0 Å². The monoisotopic (exact) mass is 169 g/mol. The van der Waals surface area contributed by atoms with Crippen molar-refractivity contribution in [3.05, 3.63) is 12.7 Å². The SMILES string of the molecule is C=CC(=O)NC(=O)CCCCC. The molecule has 0 aliphatic carbocycles. The average molecular weight is 169 g/mol. The first-order valence-corrected chi connectivity index (χ1v) is 4.17. The van der Waals surface area contributed by atoms with Gasteiger partial charge in [0.05, 0.1) is 0 Å². The Hall–Kier alpha value is -1.12. The highest BCUT2D eigenvalue weighted by molar-refractivity contribution is 6.00. The number of hydrogen-bond donors (Lipinski definition) is 1. The fourth-order valence-corrected chi connectivity index (χ4v) is 0.786. The molecule has 0 saturated heterocycles. The Morgan fingerprint density at radius 1 is 1.42 bits per heavy atom. The predicted molar refractivity (Wildman–Crippen MR) is 47.5 cm³/mol. The number of amides is 2. The highest BCUT2D eigenvalue weighted by atomic mass is 16.2. The van der Waals surface area contributed by atoms with Crippen LogP contribution in [0.5, 0.6) is 0 Å². The maximum atomic E-state index is 10.9. The second kappa shape index (κ2) is 6.58. The van der Waals surface area contributed by atoms with Crippen LogP contribution < -0.4 is 5.32 Å². The molecule has 0 bridgehead atoms. The van der Waals surface area contributed by atoms with Crippen molar-refractivity contribution in [1.29, 1.82) is 0 Å². The van der Waals surface area contributed by atoms with Gasteiger partial charge in [-0.1, -0.05) is 26.3 Å². The lowest BCUT2D eigenvalue weighted by atomic mass is 10.2. The summed E-state index contributed by atoms with van der Waals surface area (Å²) < 4.78 is 0. The molecule has 0 rings (SSSR count). The van der Waals surface area contributed by atoms with E-state index in [0.717, 1.165) is 25.3 Å². The van der Waals surface area contributed by atoms with Crippen LogP contribution in [0.3, 0.4) is 0 Å². The van der Waals surface area contributed by atoms with Crippen molar-refractivity contribution in [1.82, 2.24) is 5.32 Å². The van der Waals surface area contributed by atoms with E-state index in [4.69, 9.17) is 0 Å². The predicted octanol–water partition coefficient (Wildman–Crippen LogP) is 1.40. The third-order valence-corrected chi connectivity index (χ3v) is 1.46. The second-order valence-corrected chi connectivity index (χ2v) is 2.57. The first kappa shape index (κ1) is 10.9. The summed E-state index contributed by atoms with van der Waals surface area (Å²) >= 11 is 0. The Labute approximate surface area is 72.8 Å². The molecule has 0 atom stereocenters.